The van der Waals surface area contributed by atoms with E-state index in [4.69, 9.17) is 28.4 Å². The minimum Gasteiger partial charge on any atom is -0.494 e. The van der Waals surface area contributed by atoms with Gasteiger partial charge in [0.25, 0.3) is 5.91 Å². The van der Waals surface area contributed by atoms with Gasteiger partial charge in [-0.05, 0) is 58.4 Å². The maximum absolute atomic E-state index is 13.1. The molecule has 1 aromatic rings. The second-order valence-electron chi connectivity index (χ2n) is 8.81. The van der Waals surface area contributed by atoms with Gasteiger partial charge in [0.15, 0.2) is 24.0 Å². The number of nitrogens with one attached hydrogen (secondary N) is 1. The van der Waals surface area contributed by atoms with Crippen LogP contribution in [0.2, 0.25) is 0 Å². The summed E-state index contributed by atoms with van der Waals surface area (Å²) in [4.78, 5) is 13.1. The van der Waals surface area contributed by atoms with Gasteiger partial charge >= 0.3 is 0 Å². The van der Waals surface area contributed by atoms with Crippen molar-refractivity contribution >= 4 is 11.6 Å². The number of fused-ring (bicyclic) bond motifs is 3. The number of amides is 1. The van der Waals surface area contributed by atoms with E-state index in [0.29, 0.717) is 12.3 Å². The van der Waals surface area contributed by atoms with Gasteiger partial charge in [0, 0.05) is 5.69 Å². The Morgan fingerprint density at radius 1 is 0.967 bits per heavy atom. The third kappa shape index (κ3) is 4.48. The highest BCUT2D eigenvalue weighted by Crippen LogP contribution is 2.44. The minimum absolute atomic E-state index is 0.322. The number of ether oxygens (including phenoxy) is 6. The Balaban J connectivity index is 1.45. The molecule has 3 aliphatic rings. The fourth-order valence-electron chi connectivity index (χ4n) is 4.01. The van der Waals surface area contributed by atoms with Crippen molar-refractivity contribution in [3.63, 3.8) is 0 Å². The maximum atomic E-state index is 13.1. The normalized spacial score (nSPS) is 33.6. The van der Waals surface area contributed by atoms with Crippen LogP contribution in [0, 0.1) is 0 Å². The fraction of sp³-hybridized carbons (Fsp3) is 0.682. The van der Waals surface area contributed by atoms with Crippen molar-refractivity contribution in [2.24, 2.45) is 0 Å². The molecule has 8 nitrogen and oxygen atoms in total. The second-order valence-corrected chi connectivity index (χ2v) is 8.81. The predicted molar refractivity (Wildman–Crippen MR) is 108 cm³/mol. The smallest absolute Gasteiger partial charge is 0.256 e. The lowest BCUT2D eigenvalue weighted by Gasteiger charge is -2.36. The van der Waals surface area contributed by atoms with Crippen LogP contribution >= 0.6 is 0 Å². The highest BCUT2D eigenvalue weighted by Gasteiger charge is 2.62. The SMILES string of the molecule is CCCCOc1ccc(NC(=O)[C@H]2O[C@H]3OC(C)(C)O[C@@H]3[C@H]3OC(C)(C)O[C@H]32)cc1. The van der Waals surface area contributed by atoms with Crippen LogP contribution in [-0.2, 0) is 28.5 Å². The number of unbranched alkanes of at least 4 members (excludes halogenated alkanes) is 1. The molecule has 1 N–H and O–H groups in total. The maximum Gasteiger partial charge on any atom is 0.256 e. The molecule has 1 aromatic carbocycles. The lowest BCUT2D eigenvalue weighted by atomic mass is 9.98. The van der Waals surface area contributed by atoms with Crippen LogP contribution in [0.5, 0.6) is 5.75 Å². The van der Waals surface area contributed by atoms with Crippen molar-refractivity contribution in [2.75, 3.05) is 11.9 Å². The van der Waals surface area contributed by atoms with Crippen molar-refractivity contribution in [3.05, 3.63) is 24.3 Å². The predicted octanol–water partition coefficient (Wildman–Crippen LogP) is 3.20. The molecule has 166 valence electrons. The number of hydrogen-bond acceptors (Lipinski definition) is 7. The van der Waals surface area contributed by atoms with Gasteiger partial charge in [-0.3, -0.25) is 4.79 Å². The molecule has 3 heterocycles. The zero-order valence-electron chi connectivity index (χ0n) is 18.2. The Bertz CT molecular complexity index is 763. The van der Waals surface area contributed by atoms with Crippen LogP contribution in [0.25, 0.3) is 0 Å². The van der Waals surface area contributed by atoms with Gasteiger partial charge in [0.2, 0.25) is 0 Å². The van der Waals surface area contributed by atoms with Crippen molar-refractivity contribution < 1.29 is 33.2 Å². The molecule has 3 fully saturated rings. The molecule has 3 aliphatic heterocycles. The molecule has 3 saturated heterocycles. The van der Waals surface area contributed by atoms with E-state index in [9.17, 15) is 4.79 Å². The third-order valence-corrected chi connectivity index (χ3v) is 5.30. The van der Waals surface area contributed by atoms with E-state index in [0.717, 1.165) is 18.6 Å². The molecule has 30 heavy (non-hydrogen) atoms. The summed E-state index contributed by atoms with van der Waals surface area (Å²) in [6.07, 6.45) is -1.05. The average molecular weight is 421 g/mol. The van der Waals surface area contributed by atoms with E-state index in [1.165, 1.54) is 0 Å². The van der Waals surface area contributed by atoms with Crippen LogP contribution in [0.15, 0.2) is 24.3 Å². The number of benzene rings is 1. The molecule has 0 unspecified atom stereocenters. The molecule has 0 radical (unpaired) electrons. The second kappa shape index (κ2) is 8.09. The third-order valence-electron chi connectivity index (χ3n) is 5.30. The fourth-order valence-corrected chi connectivity index (χ4v) is 4.01. The molecule has 0 aromatic heterocycles. The van der Waals surface area contributed by atoms with Crippen LogP contribution in [0.4, 0.5) is 5.69 Å². The van der Waals surface area contributed by atoms with Crippen LogP contribution < -0.4 is 10.1 Å². The van der Waals surface area contributed by atoms with Crippen molar-refractivity contribution in [1.82, 2.24) is 0 Å². The Kier molecular flexibility index (Phi) is 5.80. The van der Waals surface area contributed by atoms with E-state index in [1.807, 2.05) is 39.8 Å². The standard InChI is InChI=1S/C22H31NO7/c1-6-7-12-25-14-10-8-13(9-11-14)23-19(24)17-15-16(28-21(2,3)27-15)18-20(26-17)30-22(4,5)29-18/h8-11,15-18,20H,6-7,12H2,1-5H3,(H,23,24)/t15-,16+,17+,18-,20+/m1/s1. The van der Waals surface area contributed by atoms with Crippen LogP contribution in [0.3, 0.4) is 0 Å². The van der Waals surface area contributed by atoms with Gasteiger partial charge in [0.05, 0.1) is 6.61 Å². The summed E-state index contributed by atoms with van der Waals surface area (Å²) < 4.78 is 35.5. The zero-order chi connectivity index (χ0) is 21.5. The molecule has 0 spiro atoms. The van der Waals surface area contributed by atoms with Gasteiger partial charge in [-0.25, -0.2) is 0 Å². The van der Waals surface area contributed by atoms with Gasteiger partial charge < -0.3 is 33.7 Å². The van der Waals surface area contributed by atoms with Crippen LogP contribution in [0.1, 0.15) is 47.5 Å². The number of carbonyl (C=O) groups is 1. The molecule has 5 atom stereocenters. The van der Waals surface area contributed by atoms with E-state index in [2.05, 4.69) is 12.2 Å². The van der Waals surface area contributed by atoms with Gasteiger partial charge in [-0.15, -0.1) is 0 Å². The first-order valence-electron chi connectivity index (χ1n) is 10.6. The zero-order valence-corrected chi connectivity index (χ0v) is 18.2. The first kappa shape index (κ1) is 21.5. The Labute approximate surface area is 177 Å². The molecule has 0 saturated carbocycles. The first-order valence-corrected chi connectivity index (χ1v) is 10.6. The number of anilines is 1. The van der Waals surface area contributed by atoms with Gasteiger partial charge in [0.1, 0.15) is 24.1 Å². The molecule has 4 rings (SSSR count). The Morgan fingerprint density at radius 3 is 2.30 bits per heavy atom. The summed E-state index contributed by atoms with van der Waals surface area (Å²) >= 11 is 0. The number of hydrogen-bond donors (Lipinski definition) is 1. The van der Waals surface area contributed by atoms with E-state index >= 15 is 0 Å². The molecule has 8 heteroatoms. The van der Waals surface area contributed by atoms with Crippen molar-refractivity contribution in [3.8, 4) is 5.75 Å². The Hall–Kier alpha value is -1.71. The van der Waals surface area contributed by atoms with E-state index in [1.54, 1.807) is 12.1 Å². The lowest BCUT2D eigenvalue weighted by Crippen LogP contribution is -2.58. The van der Waals surface area contributed by atoms with Crippen molar-refractivity contribution in [1.29, 1.82) is 0 Å². The van der Waals surface area contributed by atoms with E-state index < -0.39 is 42.3 Å². The number of carbonyl (C=O) groups excluding carboxylic acids is 1. The van der Waals surface area contributed by atoms with E-state index in [-0.39, 0.29) is 5.91 Å². The van der Waals surface area contributed by atoms with Crippen LogP contribution in [-0.4, -0.2) is 54.8 Å². The molecule has 1 amide bonds. The highest BCUT2D eigenvalue weighted by molar-refractivity contribution is 5.94. The first-order chi connectivity index (χ1) is 14.2. The highest BCUT2D eigenvalue weighted by atomic mass is 16.9. The van der Waals surface area contributed by atoms with Gasteiger partial charge in [-0.2, -0.15) is 0 Å². The molecular formula is C22H31NO7. The molecular weight excluding hydrogens is 390 g/mol. The molecule has 0 aliphatic carbocycles. The largest absolute Gasteiger partial charge is 0.494 e. The summed E-state index contributed by atoms with van der Waals surface area (Å²) in [6, 6.07) is 7.27. The Morgan fingerprint density at radius 2 is 1.60 bits per heavy atom. The minimum atomic E-state index is -0.893. The quantitative estimate of drug-likeness (QED) is 0.706. The number of rotatable bonds is 6. The molecule has 0 bridgehead atoms. The van der Waals surface area contributed by atoms with Gasteiger partial charge in [-0.1, -0.05) is 13.3 Å². The summed E-state index contributed by atoms with van der Waals surface area (Å²) in [5, 5.41) is 2.90. The van der Waals surface area contributed by atoms with Crippen molar-refractivity contribution in [2.45, 2.75) is 89.7 Å². The summed E-state index contributed by atoms with van der Waals surface area (Å²) in [5.74, 6) is -1.22. The summed E-state index contributed by atoms with van der Waals surface area (Å²) in [6.45, 7) is 10.0. The average Bonchev–Trinajstić information content (AvgIpc) is 3.16. The summed E-state index contributed by atoms with van der Waals surface area (Å²) in [5.41, 5.74) is 0.646. The monoisotopic (exact) mass is 421 g/mol. The summed E-state index contributed by atoms with van der Waals surface area (Å²) in [7, 11) is 0. The topological polar surface area (TPSA) is 84.5 Å². The lowest BCUT2D eigenvalue weighted by molar-refractivity contribution is -0.229.